The molecule has 0 aromatic heterocycles. The predicted octanol–water partition coefficient (Wildman–Crippen LogP) is 0.927. The highest BCUT2D eigenvalue weighted by Crippen LogP contribution is 2.13. The third-order valence-electron chi connectivity index (χ3n) is 3.51. The molecule has 6 heteroatoms. The number of carboxylic acids is 1. The zero-order valence-electron chi connectivity index (χ0n) is 12.3. The molecule has 1 atom stereocenters. The highest BCUT2D eigenvalue weighted by molar-refractivity contribution is 5.76. The minimum atomic E-state index is -0.870. The van der Waals surface area contributed by atoms with Crippen molar-refractivity contribution in [1.82, 2.24) is 14.7 Å². The quantitative estimate of drug-likeness (QED) is 0.826. The van der Waals surface area contributed by atoms with Gasteiger partial charge in [-0.05, 0) is 27.8 Å². The number of hydrogen-bond acceptors (Lipinski definition) is 3. The lowest BCUT2D eigenvalue weighted by atomic mass is 10.2. The van der Waals surface area contributed by atoms with Gasteiger partial charge >= 0.3 is 12.0 Å². The highest BCUT2D eigenvalue weighted by atomic mass is 16.4. The molecule has 0 bridgehead atoms. The van der Waals surface area contributed by atoms with E-state index in [-0.39, 0.29) is 31.1 Å². The molecule has 1 fully saturated rings. The lowest BCUT2D eigenvalue weighted by Gasteiger charge is -2.41. The molecule has 19 heavy (non-hydrogen) atoms. The Hall–Kier alpha value is -1.30. The van der Waals surface area contributed by atoms with Crippen LogP contribution in [-0.4, -0.2) is 77.1 Å². The van der Waals surface area contributed by atoms with Gasteiger partial charge in [-0.25, -0.2) is 4.79 Å². The van der Waals surface area contributed by atoms with Crippen molar-refractivity contribution in [3.63, 3.8) is 0 Å². The van der Waals surface area contributed by atoms with E-state index >= 15 is 0 Å². The van der Waals surface area contributed by atoms with E-state index in [0.29, 0.717) is 6.54 Å². The van der Waals surface area contributed by atoms with Crippen LogP contribution < -0.4 is 0 Å². The van der Waals surface area contributed by atoms with Gasteiger partial charge in [0.1, 0.15) is 0 Å². The summed E-state index contributed by atoms with van der Waals surface area (Å²) in [6.45, 7) is 8.56. The van der Waals surface area contributed by atoms with Crippen molar-refractivity contribution < 1.29 is 14.7 Å². The summed E-state index contributed by atoms with van der Waals surface area (Å²) in [7, 11) is 2.04. The average molecular weight is 271 g/mol. The van der Waals surface area contributed by atoms with Crippen LogP contribution >= 0.6 is 0 Å². The lowest BCUT2D eigenvalue weighted by Crippen LogP contribution is -2.57. The third kappa shape index (κ3) is 4.38. The lowest BCUT2D eigenvalue weighted by molar-refractivity contribution is -0.137. The van der Waals surface area contributed by atoms with Crippen molar-refractivity contribution in [2.45, 2.75) is 39.3 Å². The third-order valence-corrected chi connectivity index (χ3v) is 3.51. The SMILES string of the molecule is CC(C)N(CCC(=O)O)C(=O)N1CCN(C)CC1C. The number of rotatable bonds is 4. The molecule has 1 aliphatic heterocycles. The molecular formula is C13H25N3O3. The molecule has 1 N–H and O–H groups in total. The van der Waals surface area contributed by atoms with Crippen LogP contribution in [0.3, 0.4) is 0 Å². The number of piperazine rings is 1. The number of hydrogen-bond donors (Lipinski definition) is 1. The molecule has 0 aromatic carbocycles. The Balaban J connectivity index is 2.68. The Labute approximate surface area is 115 Å². The van der Waals surface area contributed by atoms with Crippen LogP contribution in [0.15, 0.2) is 0 Å². The van der Waals surface area contributed by atoms with E-state index in [0.717, 1.165) is 13.1 Å². The maximum absolute atomic E-state index is 12.5. The summed E-state index contributed by atoms with van der Waals surface area (Å²) in [5, 5.41) is 8.76. The molecule has 6 nitrogen and oxygen atoms in total. The number of aliphatic carboxylic acids is 1. The molecule has 1 heterocycles. The minimum Gasteiger partial charge on any atom is -0.481 e. The number of amides is 2. The van der Waals surface area contributed by atoms with Gasteiger partial charge in [0.25, 0.3) is 0 Å². The van der Waals surface area contributed by atoms with Crippen molar-refractivity contribution in [1.29, 1.82) is 0 Å². The van der Waals surface area contributed by atoms with Gasteiger partial charge in [-0.3, -0.25) is 4.79 Å². The molecule has 1 unspecified atom stereocenters. The van der Waals surface area contributed by atoms with Crippen LogP contribution in [0.2, 0.25) is 0 Å². The number of carbonyl (C=O) groups is 2. The van der Waals surface area contributed by atoms with Gasteiger partial charge in [0, 0.05) is 38.3 Å². The van der Waals surface area contributed by atoms with Crippen molar-refractivity contribution in [2.75, 3.05) is 33.2 Å². The molecule has 1 rings (SSSR count). The van der Waals surface area contributed by atoms with Gasteiger partial charge in [-0.15, -0.1) is 0 Å². The number of nitrogens with zero attached hydrogens (tertiary/aromatic N) is 3. The van der Waals surface area contributed by atoms with E-state index in [1.165, 1.54) is 0 Å². The second-order valence-corrected chi connectivity index (χ2v) is 5.52. The molecule has 0 spiro atoms. The fraction of sp³-hybridized carbons (Fsp3) is 0.846. The van der Waals surface area contributed by atoms with E-state index in [2.05, 4.69) is 4.90 Å². The van der Waals surface area contributed by atoms with Crippen molar-refractivity contribution in [3.05, 3.63) is 0 Å². The summed E-state index contributed by atoms with van der Waals surface area (Å²) in [5.41, 5.74) is 0. The van der Waals surface area contributed by atoms with E-state index in [1.807, 2.05) is 32.7 Å². The largest absolute Gasteiger partial charge is 0.481 e. The smallest absolute Gasteiger partial charge is 0.320 e. The zero-order chi connectivity index (χ0) is 14.6. The van der Waals surface area contributed by atoms with Crippen LogP contribution in [0.4, 0.5) is 4.79 Å². The van der Waals surface area contributed by atoms with Crippen LogP contribution in [-0.2, 0) is 4.79 Å². The van der Waals surface area contributed by atoms with Crippen LogP contribution in [0.1, 0.15) is 27.2 Å². The molecule has 110 valence electrons. The van der Waals surface area contributed by atoms with Crippen LogP contribution in [0, 0.1) is 0 Å². The minimum absolute atomic E-state index is 0.00789. The van der Waals surface area contributed by atoms with E-state index < -0.39 is 5.97 Å². The van der Waals surface area contributed by atoms with Crippen molar-refractivity contribution >= 4 is 12.0 Å². The molecule has 0 saturated carbocycles. The first-order valence-corrected chi connectivity index (χ1v) is 6.80. The number of carbonyl (C=O) groups excluding carboxylic acids is 1. The Morgan fingerprint density at radius 2 is 2.00 bits per heavy atom. The number of carboxylic acid groups (broad SMARTS) is 1. The molecule has 1 aliphatic rings. The van der Waals surface area contributed by atoms with Gasteiger partial charge in [0.2, 0.25) is 0 Å². The van der Waals surface area contributed by atoms with Gasteiger partial charge in [-0.1, -0.05) is 0 Å². The fourth-order valence-corrected chi connectivity index (χ4v) is 2.38. The maximum Gasteiger partial charge on any atom is 0.320 e. The molecule has 0 aliphatic carbocycles. The first-order chi connectivity index (χ1) is 8.82. The van der Waals surface area contributed by atoms with Crippen molar-refractivity contribution in [2.24, 2.45) is 0 Å². The Morgan fingerprint density at radius 1 is 1.37 bits per heavy atom. The highest BCUT2D eigenvalue weighted by Gasteiger charge is 2.30. The Bertz CT molecular complexity index is 333. The molecular weight excluding hydrogens is 246 g/mol. The van der Waals surface area contributed by atoms with Gasteiger partial charge in [-0.2, -0.15) is 0 Å². The van der Waals surface area contributed by atoms with Gasteiger partial charge < -0.3 is 19.8 Å². The van der Waals surface area contributed by atoms with Crippen LogP contribution in [0.25, 0.3) is 0 Å². The van der Waals surface area contributed by atoms with E-state index in [1.54, 1.807) is 4.90 Å². The first-order valence-electron chi connectivity index (χ1n) is 6.80. The van der Waals surface area contributed by atoms with E-state index in [9.17, 15) is 9.59 Å². The van der Waals surface area contributed by atoms with Crippen LogP contribution in [0.5, 0.6) is 0 Å². The summed E-state index contributed by atoms with van der Waals surface area (Å²) >= 11 is 0. The fourth-order valence-electron chi connectivity index (χ4n) is 2.38. The van der Waals surface area contributed by atoms with Crippen molar-refractivity contribution in [3.8, 4) is 0 Å². The molecule has 2 amide bonds. The second kappa shape index (κ2) is 6.75. The molecule has 0 radical (unpaired) electrons. The molecule has 0 aromatic rings. The summed E-state index contributed by atoms with van der Waals surface area (Å²) in [4.78, 5) is 28.9. The first kappa shape index (κ1) is 15.8. The zero-order valence-corrected chi connectivity index (χ0v) is 12.3. The Kier molecular flexibility index (Phi) is 5.60. The summed E-state index contributed by atoms with van der Waals surface area (Å²) in [6.07, 6.45) is -0.00789. The predicted molar refractivity (Wildman–Crippen MR) is 73.2 cm³/mol. The monoisotopic (exact) mass is 271 g/mol. The van der Waals surface area contributed by atoms with Gasteiger partial charge in [0.15, 0.2) is 0 Å². The average Bonchev–Trinajstić information content (AvgIpc) is 2.27. The summed E-state index contributed by atoms with van der Waals surface area (Å²) in [6, 6.07) is 0.132. The van der Waals surface area contributed by atoms with E-state index in [4.69, 9.17) is 5.11 Å². The topological polar surface area (TPSA) is 64.1 Å². The standard InChI is InChI=1S/C13H25N3O3/c1-10(2)15(6-5-12(17)18)13(19)16-8-7-14(4)9-11(16)3/h10-11H,5-9H2,1-4H3,(H,17,18). The summed E-state index contributed by atoms with van der Waals surface area (Å²) in [5.74, 6) is -0.870. The second-order valence-electron chi connectivity index (χ2n) is 5.52. The van der Waals surface area contributed by atoms with Gasteiger partial charge in [0.05, 0.1) is 6.42 Å². The number of urea groups is 1. The molecule has 1 saturated heterocycles. The maximum atomic E-state index is 12.5. The summed E-state index contributed by atoms with van der Waals surface area (Å²) < 4.78 is 0. The number of likely N-dealkylation sites (N-methyl/N-ethyl adjacent to an activating group) is 1. The Morgan fingerprint density at radius 3 is 2.47 bits per heavy atom. The normalized spacial score (nSPS) is 20.7.